The number of methoxy groups -OCH3 is 1. The van der Waals surface area contributed by atoms with Crippen LogP contribution in [-0.4, -0.2) is 34.7 Å². The minimum atomic E-state index is -3.58. The summed E-state index contributed by atoms with van der Waals surface area (Å²) in [6, 6.07) is 4.95. The van der Waals surface area contributed by atoms with E-state index < -0.39 is 10.0 Å². The molecule has 2 N–H and O–H groups in total. The number of benzene rings is 1. The van der Waals surface area contributed by atoms with E-state index in [1.165, 1.54) is 13.2 Å². The van der Waals surface area contributed by atoms with E-state index in [9.17, 15) is 8.42 Å². The van der Waals surface area contributed by atoms with Gasteiger partial charge in [0, 0.05) is 17.1 Å². The molecule has 5 nitrogen and oxygen atoms in total. The highest BCUT2D eigenvalue weighted by Crippen LogP contribution is 2.26. The van der Waals surface area contributed by atoms with Gasteiger partial charge in [-0.2, -0.15) is 0 Å². The van der Waals surface area contributed by atoms with Gasteiger partial charge < -0.3 is 10.1 Å². The molecule has 0 fully saturated rings. The van der Waals surface area contributed by atoms with E-state index in [1.807, 2.05) is 13.8 Å². The Morgan fingerprint density at radius 1 is 1.42 bits per heavy atom. The lowest BCUT2D eigenvalue weighted by atomic mass is 10.3. The summed E-state index contributed by atoms with van der Waals surface area (Å²) in [5.41, 5.74) is 0. The Balaban J connectivity index is 2.91. The Hall–Kier alpha value is -0.630. The van der Waals surface area contributed by atoms with Crippen molar-refractivity contribution in [2.24, 2.45) is 0 Å². The standard InChI is InChI=1S/C12H19BrN2O3S/c1-4-14-9(2)8-15-19(16,17)12-7-10(13)5-6-11(12)18-3/h5-7,9,14-15H,4,8H2,1-3H3/t9-/m1/s1. The van der Waals surface area contributed by atoms with Crippen molar-refractivity contribution in [3.8, 4) is 5.75 Å². The van der Waals surface area contributed by atoms with Crippen LogP contribution >= 0.6 is 15.9 Å². The molecule has 0 heterocycles. The molecule has 0 radical (unpaired) electrons. The maximum atomic E-state index is 12.2. The molecular formula is C12H19BrN2O3S. The second kappa shape index (κ2) is 7.23. The number of likely N-dealkylation sites (N-methyl/N-ethyl adjacent to an activating group) is 1. The van der Waals surface area contributed by atoms with Gasteiger partial charge in [0.05, 0.1) is 7.11 Å². The van der Waals surface area contributed by atoms with Gasteiger partial charge in [0.2, 0.25) is 10.0 Å². The topological polar surface area (TPSA) is 67.4 Å². The van der Waals surface area contributed by atoms with E-state index in [1.54, 1.807) is 12.1 Å². The van der Waals surface area contributed by atoms with Crippen LogP contribution in [-0.2, 0) is 10.0 Å². The molecule has 0 spiro atoms. The average molecular weight is 351 g/mol. The summed E-state index contributed by atoms with van der Waals surface area (Å²) >= 11 is 3.26. The Morgan fingerprint density at radius 3 is 2.68 bits per heavy atom. The van der Waals surface area contributed by atoms with Gasteiger partial charge >= 0.3 is 0 Å². The Labute approximate surface area is 122 Å². The number of rotatable bonds is 7. The fourth-order valence-electron chi connectivity index (χ4n) is 1.59. The number of sulfonamides is 1. The van der Waals surface area contributed by atoms with Crippen molar-refractivity contribution in [3.63, 3.8) is 0 Å². The Morgan fingerprint density at radius 2 is 2.11 bits per heavy atom. The molecule has 1 aromatic carbocycles. The molecule has 0 aromatic heterocycles. The van der Waals surface area contributed by atoms with E-state index in [4.69, 9.17) is 4.74 Å². The highest BCUT2D eigenvalue weighted by atomic mass is 79.9. The third-order valence-electron chi connectivity index (χ3n) is 2.55. The SMILES string of the molecule is CCN[C@H](C)CNS(=O)(=O)c1cc(Br)ccc1OC. The van der Waals surface area contributed by atoms with Crippen LogP contribution in [0.2, 0.25) is 0 Å². The molecule has 19 heavy (non-hydrogen) atoms. The summed E-state index contributed by atoms with van der Waals surface area (Å²) in [5.74, 6) is 0.326. The first-order valence-corrected chi connectivity index (χ1v) is 8.25. The molecule has 0 unspecified atom stereocenters. The molecule has 0 bridgehead atoms. The third-order valence-corrected chi connectivity index (χ3v) is 4.49. The molecule has 1 atom stereocenters. The Kier molecular flexibility index (Phi) is 6.25. The number of halogens is 1. The quantitative estimate of drug-likeness (QED) is 0.785. The number of nitrogens with one attached hydrogen (secondary N) is 2. The fourth-order valence-corrected chi connectivity index (χ4v) is 3.43. The smallest absolute Gasteiger partial charge is 0.244 e. The van der Waals surface area contributed by atoms with Gasteiger partial charge in [-0.05, 0) is 31.7 Å². The molecule has 0 amide bonds. The number of hydrogen-bond acceptors (Lipinski definition) is 4. The van der Waals surface area contributed by atoms with Crippen LogP contribution in [0.3, 0.4) is 0 Å². The van der Waals surface area contributed by atoms with Crippen molar-refractivity contribution in [1.82, 2.24) is 10.0 Å². The second-order valence-corrected chi connectivity index (χ2v) is 6.76. The first kappa shape index (κ1) is 16.4. The van der Waals surface area contributed by atoms with Crippen LogP contribution in [0.1, 0.15) is 13.8 Å². The van der Waals surface area contributed by atoms with Gasteiger partial charge in [-0.3, -0.25) is 0 Å². The van der Waals surface area contributed by atoms with Gasteiger partial charge in [0.15, 0.2) is 0 Å². The van der Waals surface area contributed by atoms with Gasteiger partial charge in [0.1, 0.15) is 10.6 Å². The number of hydrogen-bond donors (Lipinski definition) is 2. The van der Waals surface area contributed by atoms with Crippen LogP contribution in [0.25, 0.3) is 0 Å². The maximum absolute atomic E-state index is 12.2. The largest absolute Gasteiger partial charge is 0.495 e. The maximum Gasteiger partial charge on any atom is 0.244 e. The van der Waals surface area contributed by atoms with E-state index in [0.717, 1.165) is 6.54 Å². The summed E-state index contributed by atoms with van der Waals surface area (Å²) in [7, 11) is -2.14. The minimum Gasteiger partial charge on any atom is -0.495 e. The van der Waals surface area contributed by atoms with Gasteiger partial charge in [-0.25, -0.2) is 13.1 Å². The van der Waals surface area contributed by atoms with Crippen LogP contribution in [0.15, 0.2) is 27.6 Å². The number of ether oxygens (including phenoxy) is 1. The van der Waals surface area contributed by atoms with Crippen molar-refractivity contribution in [2.45, 2.75) is 24.8 Å². The van der Waals surface area contributed by atoms with Crippen molar-refractivity contribution >= 4 is 26.0 Å². The molecule has 7 heteroatoms. The summed E-state index contributed by atoms with van der Waals surface area (Å²) in [4.78, 5) is 0.132. The fraction of sp³-hybridized carbons (Fsp3) is 0.500. The van der Waals surface area contributed by atoms with E-state index in [2.05, 4.69) is 26.0 Å². The molecule has 108 valence electrons. The van der Waals surface area contributed by atoms with E-state index in [0.29, 0.717) is 16.8 Å². The minimum absolute atomic E-state index is 0.0675. The molecule has 0 aliphatic rings. The molecule has 0 saturated heterocycles. The lowest BCUT2D eigenvalue weighted by Crippen LogP contribution is -2.38. The monoisotopic (exact) mass is 350 g/mol. The second-order valence-electron chi connectivity index (χ2n) is 4.11. The van der Waals surface area contributed by atoms with Crippen molar-refractivity contribution < 1.29 is 13.2 Å². The average Bonchev–Trinajstić information content (AvgIpc) is 2.37. The first-order chi connectivity index (χ1) is 8.90. The van der Waals surface area contributed by atoms with E-state index >= 15 is 0 Å². The lowest BCUT2D eigenvalue weighted by molar-refractivity contribution is 0.402. The highest BCUT2D eigenvalue weighted by Gasteiger charge is 2.20. The summed E-state index contributed by atoms with van der Waals surface area (Å²) < 4.78 is 32.8. The molecule has 0 aliphatic heterocycles. The zero-order valence-corrected chi connectivity index (χ0v) is 13.6. The predicted octanol–water partition coefficient (Wildman–Crippen LogP) is 1.73. The van der Waals surface area contributed by atoms with Gasteiger partial charge in [-0.15, -0.1) is 0 Å². The molecule has 1 aromatic rings. The predicted molar refractivity (Wildman–Crippen MR) is 79.0 cm³/mol. The van der Waals surface area contributed by atoms with Crippen LogP contribution in [0.5, 0.6) is 5.75 Å². The van der Waals surface area contributed by atoms with Crippen LogP contribution in [0.4, 0.5) is 0 Å². The van der Waals surface area contributed by atoms with Crippen molar-refractivity contribution in [1.29, 1.82) is 0 Å². The zero-order chi connectivity index (χ0) is 14.5. The third kappa shape index (κ3) is 4.76. The van der Waals surface area contributed by atoms with Gasteiger partial charge in [-0.1, -0.05) is 22.9 Å². The van der Waals surface area contributed by atoms with Crippen LogP contribution < -0.4 is 14.8 Å². The lowest BCUT2D eigenvalue weighted by Gasteiger charge is -2.15. The van der Waals surface area contributed by atoms with Crippen molar-refractivity contribution in [2.75, 3.05) is 20.2 Å². The van der Waals surface area contributed by atoms with Gasteiger partial charge in [0.25, 0.3) is 0 Å². The molecular weight excluding hydrogens is 332 g/mol. The zero-order valence-electron chi connectivity index (χ0n) is 11.2. The summed E-state index contributed by atoms with van der Waals surface area (Å²) in [6.07, 6.45) is 0. The normalized spacial score (nSPS) is 13.3. The van der Waals surface area contributed by atoms with Crippen LogP contribution in [0, 0.1) is 0 Å². The first-order valence-electron chi connectivity index (χ1n) is 5.97. The van der Waals surface area contributed by atoms with E-state index in [-0.39, 0.29) is 10.9 Å². The Bertz CT molecular complexity index is 520. The molecule has 1 rings (SSSR count). The highest BCUT2D eigenvalue weighted by molar-refractivity contribution is 9.10. The summed E-state index contributed by atoms with van der Waals surface area (Å²) in [6.45, 7) is 5.02. The van der Waals surface area contributed by atoms with Crippen molar-refractivity contribution in [3.05, 3.63) is 22.7 Å². The molecule has 0 aliphatic carbocycles. The molecule has 0 saturated carbocycles. The summed E-state index contributed by atoms with van der Waals surface area (Å²) in [5, 5.41) is 3.14.